The Bertz CT molecular complexity index is 1150. The number of para-hydroxylation sites is 1. The monoisotopic (exact) mass is 432 g/mol. The zero-order valence-electron chi connectivity index (χ0n) is 15.9. The standard InChI is InChI=1S/C24H18Cl2N4/c25-19-10-6-17(7-11-19)22-24(29-15-14-27-16-29)23(18-8-12-20(26)13-9-18)30(28-22)21-4-2-1-3-5-21/h1-16,23-24H/t23-,24+/m0/s1. The van der Waals surface area contributed by atoms with E-state index in [9.17, 15) is 0 Å². The van der Waals surface area contributed by atoms with Gasteiger partial charge in [0.25, 0.3) is 0 Å². The summed E-state index contributed by atoms with van der Waals surface area (Å²) in [6, 6.07) is 25.8. The predicted molar refractivity (Wildman–Crippen MR) is 122 cm³/mol. The molecule has 4 nitrogen and oxygen atoms in total. The van der Waals surface area contributed by atoms with Gasteiger partial charge in [-0.1, -0.05) is 65.7 Å². The van der Waals surface area contributed by atoms with Gasteiger partial charge in [0, 0.05) is 28.0 Å². The van der Waals surface area contributed by atoms with Crippen LogP contribution in [0.5, 0.6) is 0 Å². The summed E-state index contributed by atoms with van der Waals surface area (Å²) >= 11 is 12.3. The quantitative estimate of drug-likeness (QED) is 0.373. The van der Waals surface area contributed by atoms with Gasteiger partial charge in [0.1, 0.15) is 12.1 Å². The van der Waals surface area contributed by atoms with E-state index in [0.29, 0.717) is 10.0 Å². The maximum absolute atomic E-state index is 6.18. The molecular weight excluding hydrogens is 415 g/mol. The molecule has 0 amide bonds. The van der Waals surface area contributed by atoms with Crippen LogP contribution in [-0.2, 0) is 0 Å². The Morgan fingerprint density at radius 1 is 0.733 bits per heavy atom. The van der Waals surface area contributed by atoms with E-state index in [4.69, 9.17) is 28.3 Å². The fourth-order valence-corrected chi connectivity index (χ4v) is 4.14. The lowest BCUT2D eigenvalue weighted by Crippen LogP contribution is -2.27. The summed E-state index contributed by atoms with van der Waals surface area (Å²) in [5.41, 5.74) is 4.12. The van der Waals surface area contributed by atoms with Crippen molar-refractivity contribution in [2.45, 2.75) is 12.1 Å². The van der Waals surface area contributed by atoms with Crippen LogP contribution in [0.1, 0.15) is 23.2 Å². The highest BCUT2D eigenvalue weighted by Crippen LogP contribution is 2.43. The number of hydrazone groups is 1. The smallest absolute Gasteiger partial charge is 0.106 e. The van der Waals surface area contributed by atoms with Crippen LogP contribution in [0.3, 0.4) is 0 Å². The van der Waals surface area contributed by atoms with Crippen LogP contribution in [-0.4, -0.2) is 15.3 Å². The van der Waals surface area contributed by atoms with Gasteiger partial charge in [-0.3, -0.25) is 5.01 Å². The van der Waals surface area contributed by atoms with Crippen molar-refractivity contribution in [3.8, 4) is 0 Å². The normalized spacial score (nSPS) is 18.5. The third kappa shape index (κ3) is 3.49. The van der Waals surface area contributed by atoms with Crippen LogP contribution in [0.15, 0.2) is 103 Å². The summed E-state index contributed by atoms with van der Waals surface area (Å²) in [6.07, 6.45) is 5.62. The highest BCUT2D eigenvalue weighted by Gasteiger charge is 2.40. The average molecular weight is 433 g/mol. The molecule has 3 aromatic carbocycles. The van der Waals surface area contributed by atoms with Crippen molar-refractivity contribution in [3.05, 3.63) is 119 Å². The molecule has 1 aliphatic heterocycles. The van der Waals surface area contributed by atoms with Crippen LogP contribution in [0.4, 0.5) is 5.69 Å². The summed E-state index contributed by atoms with van der Waals surface area (Å²) in [5, 5.41) is 8.59. The first-order valence-electron chi connectivity index (χ1n) is 9.62. The topological polar surface area (TPSA) is 33.4 Å². The van der Waals surface area contributed by atoms with Crippen LogP contribution in [0.2, 0.25) is 10.0 Å². The minimum atomic E-state index is -0.0740. The zero-order chi connectivity index (χ0) is 20.5. The van der Waals surface area contributed by atoms with Crippen LogP contribution in [0.25, 0.3) is 0 Å². The maximum Gasteiger partial charge on any atom is 0.106 e. The Morgan fingerprint density at radius 3 is 2.03 bits per heavy atom. The molecule has 0 N–H and O–H groups in total. The van der Waals surface area contributed by atoms with Gasteiger partial charge in [-0.25, -0.2) is 4.98 Å². The number of nitrogens with zero attached hydrogens (tertiary/aromatic N) is 4. The van der Waals surface area contributed by atoms with Crippen molar-refractivity contribution in [3.63, 3.8) is 0 Å². The highest BCUT2D eigenvalue weighted by molar-refractivity contribution is 6.31. The van der Waals surface area contributed by atoms with Crippen molar-refractivity contribution in [2.75, 3.05) is 5.01 Å². The minimum absolute atomic E-state index is 0.0652. The van der Waals surface area contributed by atoms with E-state index in [1.165, 1.54) is 0 Å². The summed E-state index contributed by atoms with van der Waals surface area (Å²) in [5.74, 6) is 0. The largest absolute Gasteiger partial charge is 0.326 e. The van der Waals surface area contributed by atoms with Crippen molar-refractivity contribution in [1.29, 1.82) is 0 Å². The maximum atomic E-state index is 6.18. The van der Waals surface area contributed by atoms with E-state index in [0.717, 1.165) is 22.5 Å². The lowest BCUT2D eigenvalue weighted by Gasteiger charge is -2.29. The molecule has 0 spiro atoms. The number of imidazole rings is 1. The second-order valence-corrected chi connectivity index (χ2v) is 8.00. The molecule has 2 heterocycles. The molecule has 5 rings (SSSR count). The number of anilines is 1. The molecular formula is C24H18Cl2N4. The Labute approximate surface area is 185 Å². The molecule has 30 heavy (non-hydrogen) atoms. The molecule has 4 aromatic rings. The summed E-state index contributed by atoms with van der Waals surface area (Å²) in [4.78, 5) is 4.30. The van der Waals surface area contributed by atoms with Crippen LogP contribution < -0.4 is 5.01 Å². The molecule has 1 aliphatic rings. The van der Waals surface area contributed by atoms with Gasteiger partial charge >= 0.3 is 0 Å². The van der Waals surface area contributed by atoms with Crippen molar-refractivity contribution >= 4 is 34.6 Å². The summed E-state index contributed by atoms with van der Waals surface area (Å²) in [6.45, 7) is 0. The van der Waals surface area contributed by atoms with Crippen LogP contribution >= 0.6 is 23.2 Å². The van der Waals surface area contributed by atoms with E-state index in [2.05, 4.69) is 38.8 Å². The van der Waals surface area contributed by atoms with Crippen molar-refractivity contribution in [1.82, 2.24) is 9.55 Å². The van der Waals surface area contributed by atoms with E-state index in [1.807, 2.05) is 67.1 Å². The number of aromatic nitrogens is 2. The van der Waals surface area contributed by atoms with Gasteiger partial charge in [0.15, 0.2) is 0 Å². The second kappa shape index (κ2) is 7.98. The molecule has 0 bridgehead atoms. The third-order valence-electron chi connectivity index (χ3n) is 5.28. The number of hydrogen-bond donors (Lipinski definition) is 0. The van der Waals surface area contributed by atoms with Gasteiger partial charge < -0.3 is 4.57 Å². The molecule has 6 heteroatoms. The van der Waals surface area contributed by atoms with E-state index < -0.39 is 0 Å². The molecule has 2 atom stereocenters. The molecule has 0 saturated heterocycles. The van der Waals surface area contributed by atoms with Gasteiger partial charge in [-0.05, 0) is 42.0 Å². The lowest BCUT2D eigenvalue weighted by atomic mass is 9.92. The van der Waals surface area contributed by atoms with Crippen molar-refractivity contribution < 1.29 is 0 Å². The molecule has 0 radical (unpaired) electrons. The van der Waals surface area contributed by atoms with E-state index in [-0.39, 0.29) is 12.1 Å². The zero-order valence-corrected chi connectivity index (χ0v) is 17.4. The number of halogens is 2. The average Bonchev–Trinajstić information content (AvgIpc) is 3.43. The fourth-order valence-electron chi connectivity index (χ4n) is 3.89. The van der Waals surface area contributed by atoms with Gasteiger partial charge in [-0.15, -0.1) is 0 Å². The lowest BCUT2D eigenvalue weighted by molar-refractivity contribution is 0.527. The molecule has 0 aliphatic carbocycles. The van der Waals surface area contributed by atoms with Gasteiger partial charge in [0.05, 0.1) is 17.7 Å². The predicted octanol–water partition coefficient (Wildman–Crippen LogP) is 6.40. The minimum Gasteiger partial charge on any atom is -0.326 e. The van der Waals surface area contributed by atoms with E-state index in [1.54, 1.807) is 6.20 Å². The Hall–Kier alpha value is -3.08. The number of hydrogen-bond acceptors (Lipinski definition) is 3. The summed E-state index contributed by atoms with van der Waals surface area (Å²) in [7, 11) is 0. The molecule has 0 unspecified atom stereocenters. The molecule has 0 fully saturated rings. The molecule has 148 valence electrons. The number of rotatable bonds is 4. The van der Waals surface area contributed by atoms with Gasteiger partial charge in [-0.2, -0.15) is 5.10 Å². The van der Waals surface area contributed by atoms with Crippen molar-refractivity contribution in [2.24, 2.45) is 5.10 Å². The van der Waals surface area contributed by atoms with Gasteiger partial charge in [0.2, 0.25) is 0 Å². The Morgan fingerprint density at radius 2 is 1.40 bits per heavy atom. The number of benzene rings is 3. The Kier molecular flexibility index (Phi) is 5.03. The van der Waals surface area contributed by atoms with Crippen LogP contribution in [0, 0.1) is 0 Å². The highest BCUT2D eigenvalue weighted by atomic mass is 35.5. The van der Waals surface area contributed by atoms with E-state index >= 15 is 0 Å². The molecule has 1 aromatic heterocycles. The first-order chi connectivity index (χ1) is 14.7. The Balaban J connectivity index is 1.70. The third-order valence-corrected chi connectivity index (χ3v) is 5.78. The summed E-state index contributed by atoms with van der Waals surface area (Å²) < 4.78 is 2.11. The molecule has 0 saturated carbocycles. The fraction of sp³-hybridized carbons (Fsp3) is 0.0833. The first-order valence-corrected chi connectivity index (χ1v) is 10.4. The SMILES string of the molecule is Clc1ccc(C2=NN(c3ccccc3)[C@@H](c3ccc(Cl)cc3)[C@@H]2n2ccnc2)cc1. The second-order valence-electron chi connectivity index (χ2n) is 7.12. The first kappa shape index (κ1) is 18.9.